The molecule has 3 rings (SSSR count). The Labute approximate surface area is 181 Å². The first-order chi connectivity index (χ1) is 15.1. The Balaban J connectivity index is 1.67. The van der Waals surface area contributed by atoms with Crippen molar-refractivity contribution in [3.8, 4) is 5.75 Å². The van der Waals surface area contributed by atoms with Crippen molar-refractivity contribution in [1.82, 2.24) is 10.2 Å². The first-order valence-corrected chi connectivity index (χ1v) is 10.1. The summed E-state index contributed by atoms with van der Waals surface area (Å²) in [5, 5.41) is 2.70. The molecule has 0 spiro atoms. The maximum absolute atomic E-state index is 13.1. The highest BCUT2D eigenvalue weighted by atomic mass is 16.6. The van der Waals surface area contributed by atoms with Crippen LogP contribution in [0.2, 0.25) is 0 Å². The van der Waals surface area contributed by atoms with Crippen molar-refractivity contribution in [2.75, 3.05) is 33.4 Å². The summed E-state index contributed by atoms with van der Waals surface area (Å²) in [5.74, 6) is -0.724. The van der Waals surface area contributed by atoms with Gasteiger partial charge in [-0.25, -0.2) is 0 Å². The summed E-state index contributed by atoms with van der Waals surface area (Å²) in [7, 11) is 1.50. The third-order valence-corrected chi connectivity index (χ3v) is 4.83. The summed E-state index contributed by atoms with van der Waals surface area (Å²) in [5.41, 5.74) is 1.40. The minimum atomic E-state index is -0.926. The maximum Gasteiger partial charge on any atom is 0.308 e. The summed E-state index contributed by atoms with van der Waals surface area (Å²) in [6.45, 7) is 1.36. The average Bonchev–Trinajstić information content (AvgIpc) is 2.79. The molecule has 2 aromatic rings. The average molecular weight is 426 g/mol. The Morgan fingerprint density at radius 3 is 2.68 bits per heavy atom. The highest BCUT2D eigenvalue weighted by Gasteiger charge is 2.35. The van der Waals surface area contributed by atoms with Gasteiger partial charge in [-0.1, -0.05) is 36.4 Å². The minimum absolute atomic E-state index is 0.0957. The number of hydrogen-bond donors (Lipinski definition) is 1. The van der Waals surface area contributed by atoms with Gasteiger partial charge in [0.05, 0.1) is 13.0 Å². The third kappa shape index (κ3) is 6.29. The number of carbonyl (C=O) groups excluding carboxylic acids is 3. The van der Waals surface area contributed by atoms with Crippen LogP contribution in [-0.2, 0) is 25.7 Å². The minimum Gasteiger partial charge on any atom is -0.489 e. The van der Waals surface area contributed by atoms with Crippen LogP contribution in [0.3, 0.4) is 0 Å². The van der Waals surface area contributed by atoms with E-state index in [2.05, 4.69) is 5.32 Å². The van der Waals surface area contributed by atoms with Gasteiger partial charge in [-0.05, 0) is 23.8 Å². The van der Waals surface area contributed by atoms with Crippen molar-refractivity contribution in [2.45, 2.75) is 19.1 Å². The second-order valence-corrected chi connectivity index (χ2v) is 7.02. The molecule has 1 N–H and O–H groups in total. The van der Waals surface area contributed by atoms with E-state index in [1.807, 2.05) is 30.3 Å². The number of benzene rings is 2. The second-order valence-electron chi connectivity index (χ2n) is 7.02. The van der Waals surface area contributed by atoms with Crippen LogP contribution in [0.15, 0.2) is 54.6 Å². The number of methoxy groups -OCH3 is 1. The fourth-order valence-electron chi connectivity index (χ4n) is 3.24. The molecule has 1 aliphatic rings. The van der Waals surface area contributed by atoms with Gasteiger partial charge in [-0.2, -0.15) is 0 Å². The lowest BCUT2D eigenvalue weighted by atomic mass is 10.1. The van der Waals surface area contributed by atoms with Crippen LogP contribution in [-0.4, -0.2) is 62.1 Å². The zero-order chi connectivity index (χ0) is 22.1. The van der Waals surface area contributed by atoms with Crippen LogP contribution < -0.4 is 10.1 Å². The molecule has 31 heavy (non-hydrogen) atoms. The fourth-order valence-corrected chi connectivity index (χ4v) is 3.24. The van der Waals surface area contributed by atoms with E-state index in [0.717, 1.165) is 5.56 Å². The molecule has 1 fully saturated rings. The van der Waals surface area contributed by atoms with Gasteiger partial charge in [-0.3, -0.25) is 14.4 Å². The van der Waals surface area contributed by atoms with Crippen molar-refractivity contribution in [3.05, 3.63) is 65.7 Å². The lowest BCUT2D eigenvalue weighted by molar-refractivity contribution is -0.148. The molecule has 1 aliphatic heterocycles. The van der Waals surface area contributed by atoms with Crippen molar-refractivity contribution >= 4 is 17.8 Å². The number of piperazine rings is 1. The molecule has 0 bridgehead atoms. The largest absolute Gasteiger partial charge is 0.489 e. The van der Waals surface area contributed by atoms with Gasteiger partial charge in [0.1, 0.15) is 25.0 Å². The maximum atomic E-state index is 13.1. The molecular formula is C23H26N2O6. The van der Waals surface area contributed by atoms with Crippen molar-refractivity contribution < 1.29 is 28.6 Å². The van der Waals surface area contributed by atoms with Crippen LogP contribution in [0.5, 0.6) is 5.75 Å². The van der Waals surface area contributed by atoms with Crippen LogP contribution in [0.1, 0.15) is 22.3 Å². The predicted octanol–water partition coefficient (Wildman–Crippen LogP) is 1.79. The van der Waals surface area contributed by atoms with E-state index >= 15 is 0 Å². The van der Waals surface area contributed by atoms with E-state index in [4.69, 9.17) is 14.2 Å². The summed E-state index contributed by atoms with van der Waals surface area (Å²) in [6.07, 6.45) is -0.217. The molecule has 1 heterocycles. The van der Waals surface area contributed by atoms with E-state index in [0.29, 0.717) is 31.0 Å². The number of nitrogens with one attached hydrogen (secondary N) is 1. The van der Waals surface area contributed by atoms with Gasteiger partial charge in [-0.15, -0.1) is 0 Å². The smallest absolute Gasteiger partial charge is 0.308 e. The second kappa shape index (κ2) is 11.1. The summed E-state index contributed by atoms with van der Waals surface area (Å²) < 4.78 is 15.7. The molecule has 2 amide bonds. The lowest BCUT2D eigenvalue weighted by Crippen LogP contribution is -2.57. The molecule has 164 valence electrons. The van der Waals surface area contributed by atoms with E-state index < -0.39 is 12.0 Å². The van der Waals surface area contributed by atoms with Crippen LogP contribution in [0.4, 0.5) is 0 Å². The summed E-state index contributed by atoms with van der Waals surface area (Å²) >= 11 is 0. The lowest BCUT2D eigenvalue weighted by Gasteiger charge is -2.34. The number of amides is 2. The first-order valence-electron chi connectivity index (χ1n) is 10.1. The van der Waals surface area contributed by atoms with E-state index in [1.54, 1.807) is 24.3 Å². The molecule has 8 heteroatoms. The SMILES string of the molecule is COCCOC(=O)CC1C(=O)NCCN1C(=O)c1cccc(OCc2ccccc2)c1. The Morgan fingerprint density at radius 2 is 1.90 bits per heavy atom. The molecule has 0 aliphatic carbocycles. The standard InChI is InChI=1S/C23H26N2O6/c1-29-12-13-30-21(26)15-20-22(27)24-10-11-25(20)23(28)18-8-5-9-19(14-18)31-16-17-6-3-2-4-7-17/h2-9,14,20H,10-13,15-16H2,1H3,(H,24,27). The number of hydrogen-bond acceptors (Lipinski definition) is 6. The molecule has 1 unspecified atom stereocenters. The Morgan fingerprint density at radius 1 is 1.10 bits per heavy atom. The van der Waals surface area contributed by atoms with Gasteiger partial charge in [0.15, 0.2) is 0 Å². The van der Waals surface area contributed by atoms with E-state index in [9.17, 15) is 14.4 Å². The van der Waals surface area contributed by atoms with Crippen molar-refractivity contribution in [3.63, 3.8) is 0 Å². The van der Waals surface area contributed by atoms with Crippen LogP contribution >= 0.6 is 0 Å². The van der Waals surface area contributed by atoms with Gasteiger partial charge in [0, 0.05) is 25.8 Å². The van der Waals surface area contributed by atoms with Gasteiger partial charge >= 0.3 is 5.97 Å². The predicted molar refractivity (Wildman–Crippen MR) is 113 cm³/mol. The number of esters is 1. The monoisotopic (exact) mass is 426 g/mol. The Kier molecular flexibility index (Phi) is 8.00. The van der Waals surface area contributed by atoms with Crippen LogP contribution in [0, 0.1) is 0 Å². The molecule has 8 nitrogen and oxygen atoms in total. The Hall–Kier alpha value is -3.39. The molecule has 1 saturated heterocycles. The van der Waals surface area contributed by atoms with Gasteiger partial charge < -0.3 is 24.4 Å². The summed E-state index contributed by atoms with van der Waals surface area (Å²) in [6, 6.07) is 15.6. The van der Waals surface area contributed by atoms with E-state index in [-0.39, 0.29) is 31.4 Å². The topological polar surface area (TPSA) is 94.2 Å². The van der Waals surface area contributed by atoms with E-state index in [1.165, 1.54) is 12.0 Å². The zero-order valence-corrected chi connectivity index (χ0v) is 17.4. The number of ether oxygens (including phenoxy) is 3. The molecule has 1 atom stereocenters. The van der Waals surface area contributed by atoms with Crippen molar-refractivity contribution in [2.24, 2.45) is 0 Å². The highest BCUT2D eigenvalue weighted by molar-refractivity contribution is 5.99. The van der Waals surface area contributed by atoms with Crippen molar-refractivity contribution in [1.29, 1.82) is 0 Å². The van der Waals surface area contributed by atoms with Gasteiger partial charge in [0.25, 0.3) is 5.91 Å². The normalized spacial score (nSPS) is 15.8. The fraction of sp³-hybridized carbons (Fsp3) is 0.348. The third-order valence-electron chi connectivity index (χ3n) is 4.83. The molecular weight excluding hydrogens is 400 g/mol. The molecule has 2 aromatic carbocycles. The number of rotatable bonds is 9. The van der Waals surface area contributed by atoms with Crippen LogP contribution in [0.25, 0.3) is 0 Å². The molecule has 0 radical (unpaired) electrons. The quantitative estimate of drug-likeness (QED) is 0.485. The first kappa shape index (κ1) is 22.3. The molecule has 0 saturated carbocycles. The Bertz CT molecular complexity index is 902. The zero-order valence-electron chi connectivity index (χ0n) is 17.4. The molecule has 0 aromatic heterocycles. The number of carbonyl (C=O) groups is 3. The number of nitrogens with zero attached hydrogens (tertiary/aromatic N) is 1. The summed E-state index contributed by atoms with van der Waals surface area (Å²) in [4.78, 5) is 39.0. The van der Waals surface area contributed by atoms with Gasteiger partial charge in [0.2, 0.25) is 5.91 Å². The highest BCUT2D eigenvalue weighted by Crippen LogP contribution is 2.19.